The fourth-order valence-corrected chi connectivity index (χ4v) is 2.81. The van der Waals surface area contributed by atoms with Crippen molar-refractivity contribution in [2.75, 3.05) is 4.72 Å². The van der Waals surface area contributed by atoms with Crippen LogP contribution in [-0.4, -0.2) is 18.4 Å². The molecule has 19 heavy (non-hydrogen) atoms. The number of sulfonamides is 1. The second-order valence-electron chi connectivity index (χ2n) is 4.32. The standard InChI is InChI=1S/C13H15N3O2S/c1-10-8-11(2)15-13(14-10)16-19(17,18)9-12-6-4-3-5-7-12/h3-8H,9H2,1-2H3,(H,14,15,16). The van der Waals surface area contributed by atoms with E-state index in [1.807, 2.05) is 6.07 Å². The molecule has 0 aliphatic rings. The molecule has 6 heteroatoms. The Balaban J connectivity index is 2.17. The van der Waals surface area contributed by atoms with Crippen LogP contribution in [0.4, 0.5) is 5.95 Å². The minimum atomic E-state index is -3.50. The third-order valence-corrected chi connectivity index (χ3v) is 3.64. The van der Waals surface area contributed by atoms with Gasteiger partial charge in [0.05, 0.1) is 5.75 Å². The van der Waals surface area contributed by atoms with Crippen LogP contribution in [0.25, 0.3) is 0 Å². The van der Waals surface area contributed by atoms with Gasteiger partial charge in [0.2, 0.25) is 16.0 Å². The summed E-state index contributed by atoms with van der Waals surface area (Å²) >= 11 is 0. The van der Waals surface area contributed by atoms with Gasteiger partial charge in [-0.2, -0.15) is 0 Å². The van der Waals surface area contributed by atoms with Gasteiger partial charge in [0.15, 0.2) is 0 Å². The van der Waals surface area contributed by atoms with Crippen LogP contribution in [0.2, 0.25) is 0 Å². The van der Waals surface area contributed by atoms with E-state index in [0.29, 0.717) is 0 Å². The number of hydrogen-bond donors (Lipinski definition) is 1. The second-order valence-corrected chi connectivity index (χ2v) is 6.04. The van der Waals surface area contributed by atoms with Crippen LogP contribution in [0.5, 0.6) is 0 Å². The highest BCUT2D eigenvalue weighted by atomic mass is 32.2. The van der Waals surface area contributed by atoms with E-state index in [9.17, 15) is 8.42 Å². The second kappa shape index (κ2) is 5.36. The number of aromatic nitrogens is 2. The van der Waals surface area contributed by atoms with Crippen LogP contribution in [0.15, 0.2) is 36.4 Å². The average molecular weight is 277 g/mol. The van der Waals surface area contributed by atoms with Gasteiger partial charge in [-0.1, -0.05) is 30.3 Å². The first-order valence-corrected chi connectivity index (χ1v) is 7.46. The van der Waals surface area contributed by atoms with Crippen molar-refractivity contribution in [3.8, 4) is 0 Å². The van der Waals surface area contributed by atoms with Gasteiger partial charge in [0.25, 0.3) is 0 Å². The number of aryl methyl sites for hydroxylation is 2. The first kappa shape index (κ1) is 13.5. The van der Waals surface area contributed by atoms with E-state index >= 15 is 0 Å². The summed E-state index contributed by atoms with van der Waals surface area (Å²) < 4.78 is 26.4. The van der Waals surface area contributed by atoms with Crippen LogP contribution in [-0.2, 0) is 15.8 Å². The highest BCUT2D eigenvalue weighted by molar-refractivity contribution is 7.91. The van der Waals surface area contributed by atoms with Crippen molar-refractivity contribution in [2.24, 2.45) is 0 Å². The lowest BCUT2D eigenvalue weighted by atomic mass is 10.2. The van der Waals surface area contributed by atoms with Crippen LogP contribution >= 0.6 is 0 Å². The average Bonchev–Trinajstić information content (AvgIpc) is 2.27. The minimum absolute atomic E-state index is 0.0931. The van der Waals surface area contributed by atoms with Gasteiger partial charge in [-0.05, 0) is 25.5 Å². The number of anilines is 1. The predicted molar refractivity (Wildman–Crippen MR) is 74.2 cm³/mol. The summed E-state index contributed by atoms with van der Waals surface area (Å²) in [6, 6.07) is 10.8. The first-order valence-electron chi connectivity index (χ1n) is 5.81. The number of nitrogens with one attached hydrogen (secondary N) is 1. The topological polar surface area (TPSA) is 72.0 Å². The zero-order chi connectivity index (χ0) is 13.9. The Morgan fingerprint density at radius 3 is 2.21 bits per heavy atom. The van der Waals surface area contributed by atoms with E-state index in [1.54, 1.807) is 44.2 Å². The van der Waals surface area contributed by atoms with Gasteiger partial charge in [-0.25, -0.2) is 18.4 Å². The van der Waals surface area contributed by atoms with Crippen molar-refractivity contribution in [2.45, 2.75) is 19.6 Å². The molecule has 0 saturated carbocycles. The molecule has 0 radical (unpaired) electrons. The molecule has 0 aliphatic heterocycles. The normalized spacial score (nSPS) is 11.3. The summed E-state index contributed by atoms with van der Waals surface area (Å²) in [5.41, 5.74) is 2.18. The largest absolute Gasteiger partial charge is 0.251 e. The maximum atomic E-state index is 12.0. The van der Waals surface area contributed by atoms with Gasteiger partial charge >= 0.3 is 0 Å². The zero-order valence-electron chi connectivity index (χ0n) is 10.8. The molecule has 1 aromatic carbocycles. The lowest BCUT2D eigenvalue weighted by molar-refractivity contribution is 0.600. The molecular weight excluding hydrogens is 262 g/mol. The van der Waals surface area contributed by atoms with Crippen LogP contribution < -0.4 is 4.72 Å². The molecule has 0 saturated heterocycles. The molecule has 2 rings (SSSR count). The predicted octanol–water partition coefficient (Wildman–Crippen LogP) is 2.04. The quantitative estimate of drug-likeness (QED) is 0.928. The molecule has 0 amide bonds. The Hall–Kier alpha value is -1.95. The van der Waals surface area contributed by atoms with E-state index in [2.05, 4.69) is 14.7 Å². The van der Waals surface area contributed by atoms with Gasteiger partial charge in [-0.3, -0.25) is 4.72 Å². The molecule has 0 atom stereocenters. The lowest BCUT2D eigenvalue weighted by Gasteiger charge is -2.07. The Bertz CT molecular complexity index is 649. The highest BCUT2D eigenvalue weighted by Gasteiger charge is 2.13. The van der Waals surface area contributed by atoms with E-state index < -0.39 is 10.0 Å². The first-order chi connectivity index (χ1) is 8.94. The summed E-state index contributed by atoms with van der Waals surface area (Å²) in [6.45, 7) is 3.59. The number of hydrogen-bond acceptors (Lipinski definition) is 4. The zero-order valence-corrected chi connectivity index (χ0v) is 11.6. The minimum Gasteiger partial charge on any atom is -0.251 e. The Morgan fingerprint density at radius 1 is 1.05 bits per heavy atom. The molecule has 1 N–H and O–H groups in total. The molecule has 1 heterocycles. The number of rotatable bonds is 4. The molecule has 5 nitrogen and oxygen atoms in total. The molecule has 0 spiro atoms. The third kappa shape index (κ3) is 4.03. The van der Waals surface area contributed by atoms with Crippen molar-refractivity contribution in [3.63, 3.8) is 0 Å². The third-order valence-electron chi connectivity index (χ3n) is 2.43. The Labute approximate surface area is 112 Å². The summed E-state index contributed by atoms with van der Waals surface area (Å²) in [5, 5.41) is 0. The molecule has 0 unspecified atom stereocenters. The summed E-state index contributed by atoms with van der Waals surface area (Å²) in [5.74, 6) is 0.0259. The van der Waals surface area contributed by atoms with Crippen LogP contribution in [0.3, 0.4) is 0 Å². The highest BCUT2D eigenvalue weighted by Crippen LogP contribution is 2.10. The Morgan fingerprint density at radius 2 is 1.63 bits per heavy atom. The van der Waals surface area contributed by atoms with Crippen molar-refractivity contribution >= 4 is 16.0 Å². The number of benzene rings is 1. The van der Waals surface area contributed by atoms with Crippen molar-refractivity contribution < 1.29 is 8.42 Å². The summed E-state index contributed by atoms with van der Waals surface area (Å²) in [6.07, 6.45) is 0. The van der Waals surface area contributed by atoms with E-state index in [0.717, 1.165) is 17.0 Å². The fourth-order valence-electron chi connectivity index (χ4n) is 1.74. The van der Waals surface area contributed by atoms with Gasteiger partial charge < -0.3 is 0 Å². The SMILES string of the molecule is Cc1cc(C)nc(NS(=O)(=O)Cc2ccccc2)n1. The van der Waals surface area contributed by atoms with Crippen molar-refractivity contribution in [1.29, 1.82) is 0 Å². The van der Waals surface area contributed by atoms with Crippen molar-refractivity contribution in [1.82, 2.24) is 9.97 Å². The Kier molecular flexibility index (Phi) is 3.80. The molecule has 100 valence electrons. The summed E-state index contributed by atoms with van der Waals surface area (Å²) in [7, 11) is -3.50. The van der Waals surface area contributed by atoms with E-state index in [1.165, 1.54) is 0 Å². The molecule has 1 aromatic heterocycles. The maximum absolute atomic E-state index is 12.0. The molecular formula is C13H15N3O2S. The van der Waals surface area contributed by atoms with E-state index in [4.69, 9.17) is 0 Å². The lowest BCUT2D eigenvalue weighted by Crippen LogP contribution is -2.17. The monoisotopic (exact) mass is 277 g/mol. The smallest absolute Gasteiger partial charge is 0.239 e. The molecule has 0 aliphatic carbocycles. The van der Waals surface area contributed by atoms with Gasteiger partial charge in [-0.15, -0.1) is 0 Å². The van der Waals surface area contributed by atoms with Crippen LogP contribution in [0.1, 0.15) is 17.0 Å². The summed E-state index contributed by atoms with van der Waals surface area (Å²) in [4.78, 5) is 8.12. The number of nitrogens with zero attached hydrogens (tertiary/aromatic N) is 2. The molecule has 0 fully saturated rings. The van der Waals surface area contributed by atoms with Gasteiger partial charge in [0, 0.05) is 11.4 Å². The van der Waals surface area contributed by atoms with Crippen LogP contribution in [0, 0.1) is 13.8 Å². The molecule has 2 aromatic rings. The van der Waals surface area contributed by atoms with E-state index in [-0.39, 0.29) is 11.7 Å². The maximum Gasteiger partial charge on any atom is 0.239 e. The van der Waals surface area contributed by atoms with Gasteiger partial charge in [0.1, 0.15) is 0 Å². The van der Waals surface area contributed by atoms with Crippen molar-refractivity contribution in [3.05, 3.63) is 53.3 Å². The fraction of sp³-hybridized carbons (Fsp3) is 0.231. The molecule has 0 bridgehead atoms.